The van der Waals surface area contributed by atoms with Crippen molar-refractivity contribution in [3.05, 3.63) is 23.8 Å². The van der Waals surface area contributed by atoms with E-state index in [0.717, 1.165) is 36.6 Å². The summed E-state index contributed by atoms with van der Waals surface area (Å²) in [6.07, 6.45) is 0. The average Bonchev–Trinajstić information content (AvgIpc) is 2.41. The van der Waals surface area contributed by atoms with E-state index in [-0.39, 0.29) is 5.84 Å². The third kappa shape index (κ3) is 2.81. The fourth-order valence-electron chi connectivity index (χ4n) is 2.40. The molecular formula is C14H22N4O. The van der Waals surface area contributed by atoms with E-state index in [4.69, 9.17) is 15.9 Å². The second kappa shape index (κ2) is 5.48. The van der Waals surface area contributed by atoms with E-state index in [1.54, 1.807) is 7.11 Å². The summed E-state index contributed by atoms with van der Waals surface area (Å²) in [6.45, 7) is 5.09. The molecule has 1 atom stereocenters. The largest absolute Gasteiger partial charge is 0.497 e. The van der Waals surface area contributed by atoms with Crippen LogP contribution in [-0.2, 0) is 0 Å². The topological polar surface area (TPSA) is 65.6 Å². The van der Waals surface area contributed by atoms with E-state index in [1.807, 2.05) is 18.2 Å². The number of nitrogens with zero attached hydrogens (tertiary/aromatic N) is 2. The molecular weight excluding hydrogens is 240 g/mol. The van der Waals surface area contributed by atoms with Crippen LogP contribution < -0.4 is 15.4 Å². The first-order valence-electron chi connectivity index (χ1n) is 6.50. The zero-order valence-corrected chi connectivity index (χ0v) is 11.8. The van der Waals surface area contributed by atoms with Crippen molar-refractivity contribution in [3.63, 3.8) is 0 Å². The Balaban J connectivity index is 2.34. The number of piperazine rings is 1. The maximum absolute atomic E-state index is 7.71. The van der Waals surface area contributed by atoms with Crippen molar-refractivity contribution in [2.24, 2.45) is 5.73 Å². The molecule has 0 amide bonds. The normalized spacial score (nSPS) is 20.4. The SMILES string of the molecule is COc1ccc(C(=N)N)c(N2CCN(C)C(C)C2)c1. The van der Waals surface area contributed by atoms with Crippen LogP contribution in [0.15, 0.2) is 18.2 Å². The number of hydrogen-bond donors (Lipinski definition) is 2. The number of nitrogens with two attached hydrogens (primary N) is 1. The van der Waals surface area contributed by atoms with Crippen LogP contribution in [0, 0.1) is 5.41 Å². The standard InChI is InChI=1S/C14H22N4O/c1-10-9-18(7-6-17(10)2)13-8-11(19-3)4-5-12(13)14(15)16/h4-5,8,10H,6-7,9H2,1-3H3,(H3,15,16). The van der Waals surface area contributed by atoms with Crippen molar-refractivity contribution >= 4 is 11.5 Å². The van der Waals surface area contributed by atoms with E-state index in [9.17, 15) is 0 Å². The Morgan fingerprint density at radius 1 is 1.42 bits per heavy atom. The molecule has 1 aromatic carbocycles. The lowest BCUT2D eigenvalue weighted by Gasteiger charge is -2.39. The molecule has 3 N–H and O–H groups in total. The molecule has 0 radical (unpaired) electrons. The Morgan fingerprint density at radius 2 is 2.16 bits per heavy atom. The van der Waals surface area contributed by atoms with E-state index in [1.165, 1.54) is 0 Å². The van der Waals surface area contributed by atoms with Gasteiger partial charge in [-0.25, -0.2) is 0 Å². The predicted molar refractivity (Wildman–Crippen MR) is 78.3 cm³/mol. The van der Waals surface area contributed by atoms with Crippen molar-refractivity contribution in [1.29, 1.82) is 5.41 Å². The maximum Gasteiger partial charge on any atom is 0.124 e. The number of nitrogen functional groups attached to an aromatic ring is 1. The van der Waals surface area contributed by atoms with Gasteiger partial charge in [0, 0.05) is 37.3 Å². The molecule has 0 aromatic heterocycles. The third-order valence-electron chi connectivity index (χ3n) is 3.80. The fraction of sp³-hybridized carbons (Fsp3) is 0.500. The van der Waals surface area contributed by atoms with Gasteiger partial charge in [0.15, 0.2) is 0 Å². The van der Waals surface area contributed by atoms with Gasteiger partial charge in [-0.15, -0.1) is 0 Å². The van der Waals surface area contributed by atoms with Crippen LogP contribution in [0.5, 0.6) is 5.75 Å². The number of benzene rings is 1. The lowest BCUT2D eigenvalue weighted by atomic mass is 10.1. The average molecular weight is 262 g/mol. The number of ether oxygens (including phenoxy) is 1. The Morgan fingerprint density at radius 3 is 2.74 bits per heavy atom. The second-order valence-corrected chi connectivity index (χ2v) is 5.07. The number of amidine groups is 1. The van der Waals surface area contributed by atoms with Crippen LogP contribution >= 0.6 is 0 Å². The molecule has 1 fully saturated rings. The molecule has 0 bridgehead atoms. The summed E-state index contributed by atoms with van der Waals surface area (Å²) in [5.74, 6) is 0.899. The zero-order valence-electron chi connectivity index (χ0n) is 11.8. The van der Waals surface area contributed by atoms with Crippen molar-refractivity contribution < 1.29 is 4.74 Å². The Kier molecular flexibility index (Phi) is 3.95. The lowest BCUT2D eigenvalue weighted by Crippen LogP contribution is -2.50. The summed E-state index contributed by atoms with van der Waals surface area (Å²) in [6, 6.07) is 6.16. The van der Waals surface area contributed by atoms with Crippen LogP contribution in [0.3, 0.4) is 0 Å². The lowest BCUT2D eigenvalue weighted by molar-refractivity contribution is 0.234. The smallest absolute Gasteiger partial charge is 0.124 e. The monoisotopic (exact) mass is 262 g/mol. The summed E-state index contributed by atoms with van der Waals surface area (Å²) in [7, 11) is 3.79. The van der Waals surface area contributed by atoms with Crippen molar-refractivity contribution in [2.45, 2.75) is 13.0 Å². The molecule has 0 spiro atoms. The molecule has 1 saturated heterocycles. The van der Waals surface area contributed by atoms with E-state index in [2.05, 4.69) is 23.8 Å². The van der Waals surface area contributed by atoms with Gasteiger partial charge in [0.05, 0.1) is 12.8 Å². The minimum absolute atomic E-state index is 0.101. The first kappa shape index (κ1) is 13.7. The molecule has 1 aliphatic heterocycles. The number of anilines is 1. The van der Waals surface area contributed by atoms with Crippen LogP contribution in [0.1, 0.15) is 12.5 Å². The van der Waals surface area contributed by atoms with Crippen LogP contribution in [0.25, 0.3) is 0 Å². The van der Waals surface area contributed by atoms with Gasteiger partial charge < -0.3 is 20.3 Å². The molecule has 1 unspecified atom stereocenters. The number of methoxy groups -OCH3 is 1. The highest BCUT2D eigenvalue weighted by atomic mass is 16.5. The molecule has 2 rings (SSSR count). The minimum Gasteiger partial charge on any atom is -0.497 e. The van der Waals surface area contributed by atoms with Gasteiger partial charge in [-0.05, 0) is 26.1 Å². The highest BCUT2D eigenvalue weighted by Gasteiger charge is 2.23. The van der Waals surface area contributed by atoms with Crippen LogP contribution in [-0.4, -0.2) is 50.6 Å². The first-order chi connectivity index (χ1) is 9.02. The molecule has 104 valence electrons. The predicted octanol–water partition coefficient (Wildman–Crippen LogP) is 1.12. The molecule has 0 saturated carbocycles. The molecule has 19 heavy (non-hydrogen) atoms. The zero-order chi connectivity index (χ0) is 14.0. The quantitative estimate of drug-likeness (QED) is 0.633. The molecule has 1 heterocycles. The highest BCUT2D eigenvalue weighted by Crippen LogP contribution is 2.27. The number of likely N-dealkylation sites (N-methyl/N-ethyl adjacent to an activating group) is 1. The first-order valence-corrected chi connectivity index (χ1v) is 6.50. The fourth-order valence-corrected chi connectivity index (χ4v) is 2.40. The van der Waals surface area contributed by atoms with Gasteiger partial charge in [-0.2, -0.15) is 0 Å². The Labute approximate surface area is 114 Å². The third-order valence-corrected chi connectivity index (χ3v) is 3.80. The van der Waals surface area contributed by atoms with Gasteiger partial charge in [-0.1, -0.05) is 0 Å². The van der Waals surface area contributed by atoms with Crippen molar-refractivity contribution in [2.75, 3.05) is 38.7 Å². The molecule has 1 aromatic rings. The Bertz CT molecular complexity index is 475. The van der Waals surface area contributed by atoms with E-state index < -0.39 is 0 Å². The van der Waals surface area contributed by atoms with Gasteiger partial charge in [0.2, 0.25) is 0 Å². The molecule has 1 aliphatic rings. The molecule has 5 heteroatoms. The minimum atomic E-state index is 0.101. The molecule has 0 aliphatic carbocycles. The second-order valence-electron chi connectivity index (χ2n) is 5.07. The Hall–Kier alpha value is -1.75. The van der Waals surface area contributed by atoms with Crippen LogP contribution in [0.2, 0.25) is 0 Å². The van der Waals surface area contributed by atoms with Gasteiger partial charge in [0.1, 0.15) is 11.6 Å². The summed E-state index contributed by atoms with van der Waals surface area (Å²) in [5.41, 5.74) is 7.45. The summed E-state index contributed by atoms with van der Waals surface area (Å²) < 4.78 is 5.28. The van der Waals surface area contributed by atoms with Gasteiger partial charge in [0.25, 0.3) is 0 Å². The van der Waals surface area contributed by atoms with Gasteiger partial charge >= 0.3 is 0 Å². The molecule has 5 nitrogen and oxygen atoms in total. The van der Waals surface area contributed by atoms with Gasteiger partial charge in [-0.3, -0.25) is 5.41 Å². The number of nitrogens with one attached hydrogen (secondary N) is 1. The van der Waals surface area contributed by atoms with Crippen LogP contribution in [0.4, 0.5) is 5.69 Å². The van der Waals surface area contributed by atoms with Crippen molar-refractivity contribution in [1.82, 2.24) is 4.90 Å². The van der Waals surface area contributed by atoms with E-state index in [0.29, 0.717) is 6.04 Å². The highest BCUT2D eigenvalue weighted by molar-refractivity contribution is 6.00. The maximum atomic E-state index is 7.71. The number of rotatable bonds is 3. The van der Waals surface area contributed by atoms with Crippen molar-refractivity contribution in [3.8, 4) is 5.75 Å². The summed E-state index contributed by atoms with van der Waals surface area (Å²) in [4.78, 5) is 4.62. The summed E-state index contributed by atoms with van der Waals surface area (Å²) >= 11 is 0. The summed E-state index contributed by atoms with van der Waals surface area (Å²) in [5, 5.41) is 7.71. The van der Waals surface area contributed by atoms with E-state index >= 15 is 0 Å². The number of hydrogen-bond acceptors (Lipinski definition) is 4.